The average molecular weight is 466 g/mol. The maximum atomic E-state index is 12.5. The highest BCUT2D eigenvalue weighted by molar-refractivity contribution is 8.77. The molecule has 2 aromatic rings. The summed E-state index contributed by atoms with van der Waals surface area (Å²) in [6, 6.07) is 10.2. The van der Waals surface area contributed by atoms with Gasteiger partial charge in [-0.15, -0.1) is 0 Å². The first-order valence-electron chi connectivity index (χ1n) is 9.91. The van der Waals surface area contributed by atoms with Gasteiger partial charge in [0.2, 0.25) is 0 Å². The van der Waals surface area contributed by atoms with Crippen LogP contribution in [0.1, 0.15) is 43.8 Å². The molecule has 1 fully saturated rings. The van der Waals surface area contributed by atoms with Crippen LogP contribution in [-0.4, -0.2) is 50.1 Å². The number of hydrogen-bond donors (Lipinski definition) is 2. The third-order valence-electron chi connectivity index (χ3n) is 4.42. The third-order valence-corrected chi connectivity index (χ3v) is 7.41. The minimum Gasteiger partial charge on any atom is -0.394 e. The molecule has 1 aromatic heterocycles. The molecule has 1 saturated heterocycles. The van der Waals surface area contributed by atoms with Gasteiger partial charge >= 0.3 is 5.69 Å². The topological polar surface area (TPSA) is 103 Å². The molecule has 1 aliphatic rings. The second kappa shape index (κ2) is 10.6. The van der Waals surface area contributed by atoms with E-state index in [1.807, 2.05) is 6.07 Å². The van der Waals surface area contributed by atoms with E-state index in [1.165, 1.54) is 10.8 Å². The summed E-state index contributed by atoms with van der Waals surface area (Å²) in [4.78, 5) is 28.7. The smallest absolute Gasteiger partial charge is 0.351 e. The van der Waals surface area contributed by atoms with Gasteiger partial charge in [0.05, 0.1) is 12.7 Å². The maximum absolute atomic E-state index is 12.5. The molecule has 1 amide bonds. The van der Waals surface area contributed by atoms with Crippen LogP contribution in [0.5, 0.6) is 0 Å². The molecule has 2 N–H and O–H groups in total. The molecule has 168 valence electrons. The van der Waals surface area contributed by atoms with E-state index in [-0.39, 0.29) is 29.2 Å². The minimum atomic E-state index is -0.596. The Labute approximate surface area is 189 Å². The fourth-order valence-electron chi connectivity index (χ4n) is 3.01. The number of hydrogen-bond acceptors (Lipinski definition) is 8. The molecule has 3 atom stereocenters. The van der Waals surface area contributed by atoms with Crippen LogP contribution in [0.25, 0.3) is 0 Å². The minimum absolute atomic E-state index is 0.121. The van der Waals surface area contributed by atoms with Crippen LogP contribution in [0.4, 0.5) is 5.82 Å². The van der Waals surface area contributed by atoms with Crippen molar-refractivity contribution in [2.24, 2.45) is 0 Å². The number of benzene rings is 1. The second-order valence-electron chi connectivity index (χ2n) is 8.01. The Hall–Kier alpha value is -1.85. The summed E-state index contributed by atoms with van der Waals surface area (Å²) < 4.78 is 13.2. The highest BCUT2D eigenvalue weighted by atomic mass is 33.1. The fraction of sp³-hybridized carbons (Fsp3) is 0.476. The highest BCUT2D eigenvalue weighted by Crippen LogP contribution is 2.36. The van der Waals surface area contributed by atoms with Gasteiger partial charge in [-0.05, 0) is 18.2 Å². The van der Waals surface area contributed by atoms with Gasteiger partial charge in [0.1, 0.15) is 24.1 Å². The van der Waals surface area contributed by atoms with Crippen molar-refractivity contribution in [2.45, 2.75) is 50.4 Å². The number of ether oxygens (including phenoxy) is 2. The molecular formula is C21H27N3O5S2. The zero-order chi connectivity index (χ0) is 22.4. The van der Waals surface area contributed by atoms with Gasteiger partial charge in [-0.1, -0.05) is 60.6 Å². The van der Waals surface area contributed by atoms with Gasteiger partial charge in [0.25, 0.3) is 5.91 Å². The zero-order valence-corrected chi connectivity index (χ0v) is 19.3. The van der Waals surface area contributed by atoms with Crippen molar-refractivity contribution in [2.75, 3.05) is 17.9 Å². The van der Waals surface area contributed by atoms with Crippen molar-refractivity contribution >= 4 is 33.3 Å². The summed E-state index contributed by atoms with van der Waals surface area (Å²) in [6.07, 6.45) is 0.508. The molecule has 31 heavy (non-hydrogen) atoms. The lowest BCUT2D eigenvalue weighted by Crippen LogP contribution is -2.29. The van der Waals surface area contributed by atoms with E-state index in [4.69, 9.17) is 9.47 Å². The lowest BCUT2D eigenvalue weighted by molar-refractivity contribution is -0.0553. The number of aliphatic hydroxyl groups excluding tert-OH is 1. The Morgan fingerprint density at radius 2 is 2.06 bits per heavy atom. The number of aliphatic hydroxyl groups is 1. The van der Waals surface area contributed by atoms with Crippen molar-refractivity contribution < 1.29 is 19.4 Å². The Kier molecular flexibility index (Phi) is 8.17. The predicted octanol–water partition coefficient (Wildman–Crippen LogP) is 3.30. The Morgan fingerprint density at radius 3 is 2.71 bits per heavy atom. The number of aromatic nitrogens is 2. The van der Waals surface area contributed by atoms with Crippen LogP contribution in [0.15, 0.2) is 47.4 Å². The van der Waals surface area contributed by atoms with Crippen molar-refractivity contribution in [3.8, 4) is 0 Å². The van der Waals surface area contributed by atoms with Crippen molar-refractivity contribution in [1.82, 2.24) is 9.55 Å². The summed E-state index contributed by atoms with van der Waals surface area (Å²) in [5.41, 5.74) is -0.0771. The summed E-state index contributed by atoms with van der Waals surface area (Å²) in [5.74, 6) is 0.272. The average Bonchev–Trinajstić information content (AvgIpc) is 3.14. The van der Waals surface area contributed by atoms with E-state index >= 15 is 0 Å². The van der Waals surface area contributed by atoms with Gasteiger partial charge in [0.15, 0.2) is 0 Å². The van der Waals surface area contributed by atoms with Crippen LogP contribution in [0.3, 0.4) is 0 Å². The van der Waals surface area contributed by atoms with Gasteiger partial charge in [-0.2, -0.15) is 4.98 Å². The molecule has 1 aliphatic heterocycles. The predicted molar refractivity (Wildman–Crippen MR) is 123 cm³/mol. The van der Waals surface area contributed by atoms with E-state index in [0.717, 1.165) is 0 Å². The molecule has 3 rings (SSSR count). The maximum Gasteiger partial charge on any atom is 0.351 e. The Balaban J connectivity index is 1.60. The molecule has 0 spiro atoms. The van der Waals surface area contributed by atoms with E-state index in [9.17, 15) is 14.7 Å². The Bertz CT molecular complexity index is 933. The fourth-order valence-corrected chi connectivity index (χ4v) is 5.01. The van der Waals surface area contributed by atoms with Crippen LogP contribution < -0.4 is 11.0 Å². The second-order valence-corrected chi connectivity index (χ2v) is 11.1. The van der Waals surface area contributed by atoms with E-state index in [0.29, 0.717) is 17.9 Å². The van der Waals surface area contributed by atoms with Crippen LogP contribution in [0, 0.1) is 0 Å². The molecule has 0 radical (unpaired) electrons. The van der Waals surface area contributed by atoms with Crippen molar-refractivity contribution in [3.63, 3.8) is 0 Å². The van der Waals surface area contributed by atoms with E-state index in [2.05, 4.69) is 31.1 Å². The molecule has 0 saturated carbocycles. The molecule has 2 heterocycles. The third kappa shape index (κ3) is 6.81. The van der Waals surface area contributed by atoms with Gasteiger partial charge in [0, 0.05) is 22.9 Å². The quantitative estimate of drug-likeness (QED) is 0.348. The first kappa shape index (κ1) is 23.8. The molecule has 8 nitrogen and oxygen atoms in total. The first-order valence-corrected chi connectivity index (χ1v) is 12.2. The Morgan fingerprint density at radius 1 is 1.32 bits per heavy atom. The molecule has 10 heteroatoms. The number of nitrogens with one attached hydrogen (secondary N) is 1. The van der Waals surface area contributed by atoms with Crippen LogP contribution >= 0.6 is 21.6 Å². The number of rotatable bonds is 8. The number of carbonyl (C=O) groups excluding carboxylic acids is 1. The molecular weight excluding hydrogens is 438 g/mol. The summed E-state index contributed by atoms with van der Waals surface area (Å²) in [5, 5.41) is 12.3. The van der Waals surface area contributed by atoms with E-state index < -0.39 is 18.0 Å². The SMILES string of the molecule is CC(C)(C)SSCOC1C[C@H](n2ccc(NC(=O)c3ccccc3)nc2=O)O[C@@H]1CO. The summed E-state index contributed by atoms with van der Waals surface area (Å²) in [6.45, 7) is 6.18. The number of amides is 1. The lowest BCUT2D eigenvalue weighted by atomic mass is 10.2. The standard InChI is InChI=1S/C21H27N3O5S2/c1-21(2,3)31-30-13-28-15-11-18(29-16(15)12-25)24-10-9-17(23-20(24)27)22-19(26)14-7-5-4-6-8-14/h4-10,15-16,18,25H,11-13H2,1-3H3,(H,22,23,26,27)/t15?,16-,18-/m1/s1. The number of nitrogens with zero attached hydrogens (tertiary/aromatic N) is 2. The normalized spacial score (nSPS) is 21.2. The lowest BCUT2D eigenvalue weighted by Gasteiger charge is -2.19. The van der Waals surface area contributed by atoms with Crippen molar-refractivity contribution in [3.05, 3.63) is 58.6 Å². The van der Waals surface area contributed by atoms with Crippen molar-refractivity contribution in [1.29, 1.82) is 0 Å². The number of carbonyl (C=O) groups is 1. The summed E-state index contributed by atoms with van der Waals surface area (Å²) >= 11 is 0. The van der Waals surface area contributed by atoms with E-state index in [1.54, 1.807) is 51.9 Å². The number of anilines is 1. The van der Waals surface area contributed by atoms with Crippen LogP contribution in [-0.2, 0) is 9.47 Å². The van der Waals surface area contributed by atoms with Gasteiger partial charge in [-0.25, -0.2) is 4.79 Å². The summed E-state index contributed by atoms with van der Waals surface area (Å²) in [7, 11) is 3.32. The first-order chi connectivity index (χ1) is 14.8. The molecule has 0 aliphatic carbocycles. The van der Waals surface area contributed by atoms with Gasteiger partial charge in [-0.3, -0.25) is 9.36 Å². The van der Waals surface area contributed by atoms with Crippen LogP contribution in [0.2, 0.25) is 0 Å². The highest BCUT2D eigenvalue weighted by Gasteiger charge is 2.37. The monoisotopic (exact) mass is 465 g/mol. The zero-order valence-electron chi connectivity index (χ0n) is 17.7. The molecule has 1 aromatic carbocycles. The largest absolute Gasteiger partial charge is 0.394 e. The molecule has 0 bridgehead atoms. The molecule has 1 unspecified atom stereocenters. The van der Waals surface area contributed by atoms with Gasteiger partial charge < -0.3 is 19.9 Å².